The summed E-state index contributed by atoms with van der Waals surface area (Å²) in [6, 6.07) is 13.7. The highest BCUT2D eigenvalue weighted by atomic mass is 16.6. The van der Waals surface area contributed by atoms with Crippen molar-refractivity contribution in [1.29, 1.82) is 0 Å². The van der Waals surface area contributed by atoms with Crippen molar-refractivity contribution in [3.05, 3.63) is 71.8 Å². The Bertz CT molecular complexity index is 1340. The van der Waals surface area contributed by atoms with E-state index in [1.165, 1.54) is 7.05 Å². The molecule has 0 saturated carbocycles. The highest BCUT2D eigenvalue weighted by Gasteiger charge is 2.33. The number of carbonyl (C=O) groups excluding carboxylic acids is 6. The van der Waals surface area contributed by atoms with E-state index < -0.39 is 72.3 Å². The van der Waals surface area contributed by atoms with E-state index in [0.717, 1.165) is 5.56 Å². The van der Waals surface area contributed by atoms with Gasteiger partial charge in [0, 0.05) is 7.05 Å². The molecule has 4 N–H and O–H groups in total. The van der Waals surface area contributed by atoms with Crippen molar-refractivity contribution in [3.8, 4) is 0 Å². The van der Waals surface area contributed by atoms with Gasteiger partial charge >= 0.3 is 18.0 Å². The van der Waals surface area contributed by atoms with Crippen LogP contribution in [0.4, 0.5) is 4.79 Å². The number of hydrogen-bond acceptors (Lipinski definition) is 9. The third kappa shape index (κ3) is 15.3. The molecule has 2 rings (SSSR count). The molecule has 0 saturated heterocycles. The summed E-state index contributed by atoms with van der Waals surface area (Å²) in [5, 5.41) is 9.77. The van der Waals surface area contributed by atoms with Gasteiger partial charge in [-0.15, -0.1) is 0 Å². The third-order valence-electron chi connectivity index (χ3n) is 6.45. The molecular formula is C34H46N4O9. The summed E-state index contributed by atoms with van der Waals surface area (Å²) in [6.45, 7) is 8.49. The highest BCUT2D eigenvalue weighted by Crippen LogP contribution is 2.12. The minimum absolute atomic E-state index is 0.0202. The van der Waals surface area contributed by atoms with Crippen LogP contribution < -0.4 is 21.3 Å². The molecule has 0 heterocycles. The zero-order chi connectivity index (χ0) is 35.0. The van der Waals surface area contributed by atoms with Gasteiger partial charge in [0.2, 0.25) is 17.7 Å². The molecule has 0 aliphatic heterocycles. The van der Waals surface area contributed by atoms with Gasteiger partial charge in [0.25, 0.3) is 0 Å². The Kier molecular flexibility index (Phi) is 15.4. The number of carbonyl (C=O) groups is 6. The van der Waals surface area contributed by atoms with Gasteiger partial charge in [-0.3, -0.25) is 19.2 Å². The summed E-state index contributed by atoms with van der Waals surface area (Å²) in [4.78, 5) is 77.8. The number of rotatable bonds is 16. The second kappa shape index (κ2) is 18.9. The molecule has 256 valence electrons. The molecule has 0 spiro atoms. The zero-order valence-electron chi connectivity index (χ0n) is 27.8. The summed E-state index contributed by atoms with van der Waals surface area (Å²) in [5.41, 5.74) is 0.557. The first-order chi connectivity index (χ1) is 22.2. The van der Waals surface area contributed by atoms with E-state index in [4.69, 9.17) is 14.2 Å². The second-order valence-electron chi connectivity index (χ2n) is 12.3. The molecule has 13 heteroatoms. The number of amides is 4. The summed E-state index contributed by atoms with van der Waals surface area (Å²) in [5.74, 6) is -3.94. The van der Waals surface area contributed by atoms with Gasteiger partial charge in [0.15, 0.2) is 0 Å². The van der Waals surface area contributed by atoms with Crippen molar-refractivity contribution in [2.45, 2.75) is 90.8 Å². The van der Waals surface area contributed by atoms with Crippen LogP contribution in [0.25, 0.3) is 0 Å². The fourth-order valence-electron chi connectivity index (χ4n) is 4.18. The molecule has 0 aliphatic rings. The first-order valence-corrected chi connectivity index (χ1v) is 15.4. The van der Waals surface area contributed by atoms with Crippen molar-refractivity contribution in [1.82, 2.24) is 21.3 Å². The zero-order valence-corrected chi connectivity index (χ0v) is 27.8. The summed E-state index contributed by atoms with van der Waals surface area (Å²) in [7, 11) is 1.36. The van der Waals surface area contributed by atoms with Crippen LogP contribution in [0.3, 0.4) is 0 Å². The minimum Gasteiger partial charge on any atom is -0.461 e. The lowest BCUT2D eigenvalue weighted by Crippen LogP contribution is -2.57. The molecule has 2 aromatic rings. The third-order valence-corrected chi connectivity index (χ3v) is 6.45. The number of hydrogen-bond donors (Lipinski definition) is 4. The van der Waals surface area contributed by atoms with Crippen LogP contribution in [0.15, 0.2) is 60.7 Å². The minimum atomic E-state index is -1.55. The lowest BCUT2D eigenvalue weighted by Gasteiger charge is -2.26. The molecule has 3 atom stereocenters. The smallest absolute Gasteiger partial charge is 0.408 e. The Morgan fingerprint density at radius 1 is 0.681 bits per heavy atom. The average molecular weight is 655 g/mol. The topological polar surface area (TPSA) is 178 Å². The monoisotopic (exact) mass is 654 g/mol. The SMILES string of the molecule is CNC(=O)C[C@H](NC(=O)OC(C)(C)C)C(=O)N[C@@H](CC(=O)OCc1ccccc1)C(=O)N[C@@H](CC(C)C)C(=O)OCc1ccccc1. The van der Waals surface area contributed by atoms with Gasteiger partial charge in [0.1, 0.15) is 36.9 Å². The van der Waals surface area contributed by atoms with Gasteiger partial charge in [-0.25, -0.2) is 9.59 Å². The van der Waals surface area contributed by atoms with Crippen LogP contribution in [0.5, 0.6) is 0 Å². The summed E-state index contributed by atoms with van der Waals surface area (Å²) in [6.07, 6.45) is -1.87. The molecule has 0 bridgehead atoms. The van der Waals surface area contributed by atoms with Gasteiger partial charge in [-0.05, 0) is 44.2 Å². The lowest BCUT2D eigenvalue weighted by molar-refractivity contribution is -0.150. The Hall–Kier alpha value is -4.94. The predicted octanol–water partition coefficient (Wildman–Crippen LogP) is 2.91. The highest BCUT2D eigenvalue weighted by molar-refractivity contribution is 5.96. The Morgan fingerprint density at radius 2 is 1.17 bits per heavy atom. The molecule has 0 radical (unpaired) electrons. The molecule has 47 heavy (non-hydrogen) atoms. The molecule has 0 unspecified atom stereocenters. The molecule has 0 aromatic heterocycles. The van der Waals surface area contributed by atoms with E-state index in [2.05, 4.69) is 21.3 Å². The van der Waals surface area contributed by atoms with Crippen molar-refractivity contribution in [2.75, 3.05) is 7.05 Å². The van der Waals surface area contributed by atoms with E-state index in [0.29, 0.717) is 5.56 Å². The van der Waals surface area contributed by atoms with E-state index in [1.807, 2.05) is 19.9 Å². The molecule has 0 fully saturated rings. The predicted molar refractivity (Wildman–Crippen MR) is 172 cm³/mol. The number of alkyl carbamates (subject to hydrolysis) is 1. The fraction of sp³-hybridized carbons (Fsp3) is 0.471. The van der Waals surface area contributed by atoms with E-state index >= 15 is 0 Å². The van der Waals surface area contributed by atoms with E-state index in [1.54, 1.807) is 75.4 Å². The van der Waals surface area contributed by atoms with Crippen molar-refractivity contribution >= 4 is 35.8 Å². The number of benzene rings is 2. The van der Waals surface area contributed by atoms with Crippen LogP contribution in [0, 0.1) is 5.92 Å². The van der Waals surface area contributed by atoms with Crippen molar-refractivity contribution in [3.63, 3.8) is 0 Å². The standard InChI is InChI=1S/C34H46N4O9/c1-22(2)17-27(32(43)46-21-24-15-11-8-12-16-24)37-31(42)26(19-29(40)45-20-23-13-9-7-10-14-23)36-30(41)25(18-28(39)35-6)38-33(44)47-34(3,4)5/h7-16,22,25-27H,17-21H2,1-6H3,(H,35,39)(H,36,41)(H,37,42)(H,38,44)/t25-,26-,27-/m0/s1. The maximum Gasteiger partial charge on any atom is 0.408 e. The van der Waals surface area contributed by atoms with Crippen LogP contribution in [-0.4, -0.2) is 66.5 Å². The Balaban J connectivity index is 2.27. The maximum atomic E-state index is 13.6. The number of ether oxygens (including phenoxy) is 3. The van der Waals surface area contributed by atoms with Crippen LogP contribution >= 0.6 is 0 Å². The van der Waals surface area contributed by atoms with E-state index in [-0.39, 0.29) is 25.6 Å². The van der Waals surface area contributed by atoms with Gasteiger partial charge in [-0.1, -0.05) is 74.5 Å². The van der Waals surface area contributed by atoms with Crippen molar-refractivity contribution < 1.29 is 43.0 Å². The summed E-state index contributed by atoms with van der Waals surface area (Å²) >= 11 is 0. The normalized spacial score (nSPS) is 12.9. The number of nitrogens with one attached hydrogen (secondary N) is 4. The Morgan fingerprint density at radius 3 is 1.66 bits per heavy atom. The molecule has 2 aromatic carbocycles. The summed E-state index contributed by atoms with van der Waals surface area (Å²) < 4.78 is 16.0. The fourth-order valence-corrected chi connectivity index (χ4v) is 4.18. The molecular weight excluding hydrogens is 608 g/mol. The first kappa shape index (κ1) is 38.2. The van der Waals surface area contributed by atoms with Crippen LogP contribution in [0.1, 0.15) is 65.0 Å². The van der Waals surface area contributed by atoms with E-state index in [9.17, 15) is 28.8 Å². The number of esters is 2. The quantitative estimate of drug-likeness (QED) is 0.157. The van der Waals surface area contributed by atoms with Gasteiger partial charge in [-0.2, -0.15) is 0 Å². The largest absolute Gasteiger partial charge is 0.461 e. The molecule has 13 nitrogen and oxygen atoms in total. The van der Waals surface area contributed by atoms with Crippen LogP contribution in [0.2, 0.25) is 0 Å². The second-order valence-corrected chi connectivity index (χ2v) is 12.3. The average Bonchev–Trinajstić information content (AvgIpc) is 3.01. The molecule has 0 aliphatic carbocycles. The maximum absolute atomic E-state index is 13.6. The lowest BCUT2D eigenvalue weighted by atomic mass is 10.0. The first-order valence-electron chi connectivity index (χ1n) is 15.4. The van der Waals surface area contributed by atoms with Gasteiger partial charge in [0.05, 0.1) is 12.8 Å². The van der Waals surface area contributed by atoms with Crippen molar-refractivity contribution in [2.24, 2.45) is 5.92 Å². The van der Waals surface area contributed by atoms with Crippen LogP contribution in [-0.2, 0) is 51.4 Å². The molecule has 4 amide bonds. The Labute approximate surface area is 275 Å². The van der Waals surface area contributed by atoms with Gasteiger partial charge < -0.3 is 35.5 Å².